The first kappa shape index (κ1) is 13.5. The summed E-state index contributed by atoms with van der Waals surface area (Å²) in [6.45, 7) is 0. The topological polar surface area (TPSA) is 66.4 Å². The van der Waals surface area contributed by atoms with Crippen LogP contribution in [0.15, 0.2) is 71.6 Å². The maximum Gasteiger partial charge on any atom is 0.265 e. The van der Waals surface area contributed by atoms with Gasteiger partial charge in [-0.15, -0.1) is 0 Å². The van der Waals surface area contributed by atoms with E-state index in [-0.39, 0.29) is 10.6 Å². The van der Waals surface area contributed by atoms with Crippen molar-refractivity contribution in [3.05, 3.63) is 66.7 Å². The van der Waals surface area contributed by atoms with Gasteiger partial charge >= 0.3 is 0 Å². The Kier molecular flexibility index (Phi) is 3.27. The van der Waals surface area contributed by atoms with E-state index < -0.39 is 10.0 Å². The summed E-state index contributed by atoms with van der Waals surface area (Å²) in [5.74, 6) is -0.273. The molecule has 106 valence electrons. The number of anilines is 1. The third-order valence-corrected chi connectivity index (χ3v) is 4.60. The molecule has 0 aliphatic rings. The maximum atomic E-state index is 12.4. The van der Waals surface area contributed by atoms with E-state index >= 15 is 0 Å². The first-order valence-corrected chi connectivity index (χ1v) is 7.85. The zero-order valence-electron chi connectivity index (χ0n) is 11.0. The lowest BCUT2D eigenvalue weighted by atomic mass is 10.1. The normalized spacial score (nSPS) is 11.4. The second-order valence-electron chi connectivity index (χ2n) is 4.60. The minimum absolute atomic E-state index is 0.141. The lowest BCUT2D eigenvalue weighted by molar-refractivity contribution is 0.459. The quantitative estimate of drug-likeness (QED) is 0.779. The van der Waals surface area contributed by atoms with Gasteiger partial charge in [-0.1, -0.05) is 48.5 Å². The van der Waals surface area contributed by atoms with Crippen molar-refractivity contribution in [2.75, 3.05) is 4.72 Å². The van der Waals surface area contributed by atoms with Crippen molar-refractivity contribution in [2.24, 2.45) is 0 Å². The van der Waals surface area contributed by atoms with Crippen LogP contribution in [0.5, 0.6) is 5.75 Å². The van der Waals surface area contributed by atoms with Gasteiger partial charge in [0.1, 0.15) is 10.6 Å². The summed E-state index contributed by atoms with van der Waals surface area (Å²) in [4.78, 5) is -0.141. The number of phenols is 1. The second kappa shape index (κ2) is 5.10. The van der Waals surface area contributed by atoms with Gasteiger partial charge in [0, 0.05) is 5.39 Å². The molecule has 0 amide bonds. The Hall–Kier alpha value is -2.53. The molecule has 0 aliphatic heterocycles. The molecule has 0 saturated carbocycles. The predicted molar refractivity (Wildman–Crippen MR) is 82.9 cm³/mol. The fourth-order valence-corrected chi connectivity index (χ4v) is 3.38. The molecule has 0 radical (unpaired) electrons. The molecule has 2 N–H and O–H groups in total. The first-order chi connectivity index (χ1) is 10.1. The molecule has 0 fully saturated rings. The van der Waals surface area contributed by atoms with Crippen molar-refractivity contribution >= 4 is 26.5 Å². The summed E-state index contributed by atoms with van der Waals surface area (Å²) in [5, 5.41) is 11.5. The Labute approximate surface area is 122 Å². The van der Waals surface area contributed by atoms with E-state index in [2.05, 4.69) is 4.72 Å². The third kappa shape index (κ3) is 2.55. The summed E-state index contributed by atoms with van der Waals surface area (Å²) < 4.78 is 27.3. The Morgan fingerprint density at radius 1 is 0.810 bits per heavy atom. The Balaban J connectivity index is 2.08. The average molecular weight is 299 g/mol. The Morgan fingerprint density at radius 3 is 2.29 bits per heavy atom. The lowest BCUT2D eigenvalue weighted by Crippen LogP contribution is -2.13. The first-order valence-electron chi connectivity index (χ1n) is 6.36. The van der Waals surface area contributed by atoms with Gasteiger partial charge in [-0.25, -0.2) is 8.42 Å². The van der Waals surface area contributed by atoms with Crippen molar-refractivity contribution < 1.29 is 13.5 Å². The van der Waals surface area contributed by atoms with E-state index in [9.17, 15) is 13.5 Å². The van der Waals surface area contributed by atoms with E-state index in [0.29, 0.717) is 5.69 Å². The van der Waals surface area contributed by atoms with Crippen molar-refractivity contribution in [1.82, 2.24) is 0 Å². The highest BCUT2D eigenvalue weighted by atomic mass is 32.2. The summed E-state index contributed by atoms with van der Waals surface area (Å²) >= 11 is 0. The molecule has 3 aromatic carbocycles. The predicted octanol–water partition coefficient (Wildman–Crippen LogP) is 3.35. The summed E-state index contributed by atoms with van der Waals surface area (Å²) in [7, 11) is -3.84. The number of aromatic hydroxyl groups is 1. The van der Waals surface area contributed by atoms with Gasteiger partial charge in [-0.2, -0.15) is 0 Å². The minimum Gasteiger partial charge on any atom is -0.507 e. The van der Waals surface area contributed by atoms with E-state index in [1.807, 2.05) is 30.3 Å². The number of fused-ring (bicyclic) bond motifs is 1. The Bertz CT molecular complexity index is 899. The molecule has 0 heterocycles. The van der Waals surface area contributed by atoms with Gasteiger partial charge in [0.25, 0.3) is 10.0 Å². The van der Waals surface area contributed by atoms with E-state index in [1.54, 1.807) is 24.3 Å². The monoisotopic (exact) mass is 299 g/mol. The average Bonchev–Trinajstić information content (AvgIpc) is 2.47. The molecule has 0 atom stereocenters. The number of phenolic OH excluding ortho intramolecular Hbond substituents is 1. The van der Waals surface area contributed by atoms with Crippen LogP contribution in [0.1, 0.15) is 0 Å². The SMILES string of the molecule is O=S(=O)(Nc1cccc2ccccc12)c1ccccc1O. The number of benzene rings is 3. The molecule has 0 spiro atoms. The highest BCUT2D eigenvalue weighted by Gasteiger charge is 2.18. The third-order valence-electron chi connectivity index (χ3n) is 3.19. The lowest BCUT2D eigenvalue weighted by Gasteiger charge is -2.11. The number of hydrogen-bond donors (Lipinski definition) is 2. The molecule has 0 aliphatic carbocycles. The zero-order chi connectivity index (χ0) is 14.9. The fraction of sp³-hybridized carbons (Fsp3) is 0. The van der Waals surface area contributed by atoms with Crippen LogP contribution in [-0.2, 0) is 10.0 Å². The van der Waals surface area contributed by atoms with Gasteiger partial charge < -0.3 is 5.11 Å². The van der Waals surface area contributed by atoms with Crippen molar-refractivity contribution in [3.63, 3.8) is 0 Å². The molecule has 0 bridgehead atoms. The largest absolute Gasteiger partial charge is 0.507 e. The molecular formula is C16H13NO3S. The van der Waals surface area contributed by atoms with Crippen LogP contribution in [0.3, 0.4) is 0 Å². The summed E-state index contributed by atoms with van der Waals surface area (Å²) in [5.41, 5.74) is 0.483. The molecular weight excluding hydrogens is 286 g/mol. The second-order valence-corrected chi connectivity index (χ2v) is 6.25. The zero-order valence-corrected chi connectivity index (χ0v) is 11.8. The standard InChI is InChI=1S/C16H13NO3S/c18-15-10-3-4-11-16(15)21(19,20)17-14-9-5-7-12-6-1-2-8-13(12)14/h1-11,17-18H. The van der Waals surface area contributed by atoms with Crippen LogP contribution in [0.2, 0.25) is 0 Å². The number of para-hydroxylation sites is 1. The van der Waals surface area contributed by atoms with Crippen LogP contribution in [-0.4, -0.2) is 13.5 Å². The van der Waals surface area contributed by atoms with Crippen LogP contribution >= 0.6 is 0 Å². The maximum absolute atomic E-state index is 12.4. The van der Waals surface area contributed by atoms with Gasteiger partial charge in [0.2, 0.25) is 0 Å². The molecule has 4 nitrogen and oxygen atoms in total. The van der Waals surface area contributed by atoms with Crippen LogP contribution in [0.4, 0.5) is 5.69 Å². The van der Waals surface area contributed by atoms with Crippen molar-refractivity contribution in [3.8, 4) is 5.75 Å². The van der Waals surface area contributed by atoms with E-state index in [1.165, 1.54) is 12.1 Å². The van der Waals surface area contributed by atoms with E-state index in [4.69, 9.17) is 0 Å². The number of nitrogens with one attached hydrogen (secondary N) is 1. The molecule has 0 aromatic heterocycles. The molecule has 0 saturated heterocycles. The van der Waals surface area contributed by atoms with Gasteiger partial charge in [-0.05, 0) is 23.6 Å². The number of sulfonamides is 1. The highest BCUT2D eigenvalue weighted by Crippen LogP contribution is 2.28. The molecule has 21 heavy (non-hydrogen) atoms. The van der Waals surface area contributed by atoms with Gasteiger partial charge in [0.15, 0.2) is 0 Å². The Morgan fingerprint density at radius 2 is 1.48 bits per heavy atom. The number of rotatable bonds is 3. The van der Waals surface area contributed by atoms with Crippen molar-refractivity contribution in [1.29, 1.82) is 0 Å². The highest BCUT2D eigenvalue weighted by molar-refractivity contribution is 7.92. The molecule has 3 rings (SSSR count). The number of hydrogen-bond acceptors (Lipinski definition) is 3. The smallest absolute Gasteiger partial charge is 0.265 e. The molecule has 3 aromatic rings. The minimum atomic E-state index is -3.84. The van der Waals surface area contributed by atoms with Crippen LogP contribution in [0.25, 0.3) is 10.8 Å². The van der Waals surface area contributed by atoms with Crippen LogP contribution in [0, 0.1) is 0 Å². The summed E-state index contributed by atoms with van der Waals surface area (Å²) in [6, 6.07) is 18.7. The molecule has 5 heteroatoms. The van der Waals surface area contributed by atoms with Gasteiger partial charge in [0.05, 0.1) is 5.69 Å². The molecule has 0 unspecified atom stereocenters. The fourth-order valence-electron chi connectivity index (χ4n) is 2.20. The van der Waals surface area contributed by atoms with Crippen molar-refractivity contribution in [2.45, 2.75) is 4.90 Å². The summed E-state index contributed by atoms with van der Waals surface area (Å²) in [6.07, 6.45) is 0. The van der Waals surface area contributed by atoms with E-state index in [0.717, 1.165) is 10.8 Å². The van der Waals surface area contributed by atoms with Crippen LogP contribution < -0.4 is 4.72 Å². The van der Waals surface area contributed by atoms with Gasteiger partial charge in [-0.3, -0.25) is 4.72 Å².